The van der Waals surface area contributed by atoms with E-state index in [-0.39, 0.29) is 10.8 Å². The third-order valence-corrected chi connectivity index (χ3v) is 5.37. The first-order chi connectivity index (χ1) is 9.81. The average molecular weight is 299 g/mol. The molecule has 0 bridgehead atoms. The highest BCUT2D eigenvalue weighted by Gasteiger charge is 2.36. The van der Waals surface area contributed by atoms with Crippen LogP contribution in [0, 0.1) is 0 Å². The number of halogens is 1. The van der Waals surface area contributed by atoms with Crippen LogP contribution in [0.3, 0.4) is 0 Å². The van der Waals surface area contributed by atoms with Crippen molar-refractivity contribution in [2.45, 2.75) is 51.4 Å². The van der Waals surface area contributed by atoms with Gasteiger partial charge in [0.05, 0.1) is 0 Å². The van der Waals surface area contributed by atoms with E-state index < -0.39 is 0 Å². The van der Waals surface area contributed by atoms with Gasteiger partial charge in [-0.1, -0.05) is 75.7 Å². The van der Waals surface area contributed by atoms with E-state index in [1.54, 1.807) is 0 Å². The fraction of sp³-hybridized carbons (Fsp3) is 0.400. The van der Waals surface area contributed by atoms with Gasteiger partial charge >= 0.3 is 0 Å². The Balaban J connectivity index is 2.19. The molecule has 2 aromatic carbocycles. The molecule has 0 saturated carbocycles. The molecule has 0 aromatic heterocycles. The van der Waals surface area contributed by atoms with Gasteiger partial charge in [-0.25, -0.2) is 0 Å². The smallest absolute Gasteiger partial charge is 0.0484 e. The second kappa shape index (κ2) is 4.88. The zero-order valence-corrected chi connectivity index (χ0v) is 14.1. The maximum absolute atomic E-state index is 6.37. The lowest BCUT2D eigenvalue weighted by atomic mass is 9.63. The largest absolute Gasteiger partial charge is 0.0837 e. The van der Waals surface area contributed by atoms with Crippen LogP contribution >= 0.6 is 11.6 Å². The summed E-state index contributed by atoms with van der Waals surface area (Å²) in [6.45, 7) is 9.43. The molecular weight excluding hydrogens is 276 g/mol. The van der Waals surface area contributed by atoms with Gasteiger partial charge in [0.15, 0.2) is 0 Å². The lowest BCUT2D eigenvalue weighted by molar-refractivity contribution is 0.332. The maximum atomic E-state index is 6.37. The molecule has 1 aliphatic rings. The van der Waals surface area contributed by atoms with Crippen molar-refractivity contribution < 1.29 is 0 Å². The number of fused-ring (bicyclic) bond motifs is 1. The Labute approximate surface area is 133 Å². The second-order valence-corrected chi connectivity index (χ2v) is 7.92. The van der Waals surface area contributed by atoms with Gasteiger partial charge < -0.3 is 0 Å². The molecule has 0 atom stereocenters. The number of hydrogen-bond donors (Lipinski definition) is 0. The summed E-state index contributed by atoms with van der Waals surface area (Å²) in [5.74, 6) is 0. The molecule has 2 aromatic rings. The van der Waals surface area contributed by atoms with Crippen LogP contribution in [0.15, 0.2) is 42.5 Å². The zero-order chi connectivity index (χ0) is 15.3. The molecule has 110 valence electrons. The third kappa shape index (κ3) is 2.51. The minimum Gasteiger partial charge on any atom is -0.0837 e. The predicted octanol–water partition coefficient (Wildman–Crippen LogP) is 6.36. The van der Waals surface area contributed by atoms with Gasteiger partial charge in [0.1, 0.15) is 0 Å². The highest BCUT2D eigenvalue weighted by Crippen LogP contribution is 2.47. The molecule has 1 heteroatoms. The van der Waals surface area contributed by atoms with Gasteiger partial charge in [-0.3, -0.25) is 0 Å². The van der Waals surface area contributed by atoms with Crippen molar-refractivity contribution in [1.82, 2.24) is 0 Å². The van der Waals surface area contributed by atoms with Crippen LogP contribution in [-0.4, -0.2) is 0 Å². The Bertz CT molecular complexity index is 680. The van der Waals surface area contributed by atoms with Crippen molar-refractivity contribution in [3.05, 3.63) is 58.6 Å². The Morgan fingerprint density at radius 2 is 1.43 bits per heavy atom. The van der Waals surface area contributed by atoms with E-state index in [0.717, 1.165) is 10.6 Å². The Kier molecular flexibility index (Phi) is 3.41. The molecule has 0 radical (unpaired) electrons. The molecule has 1 aliphatic carbocycles. The lowest BCUT2D eigenvalue weighted by Gasteiger charge is -2.42. The first-order valence-electron chi connectivity index (χ1n) is 7.71. The molecule has 0 aliphatic heterocycles. The maximum Gasteiger partial charge on any atom is 0.0484 e. The molecule has 0 nitrogen and oxygen atoms in total. The normalized spacial score (nSPS) is 19.1. The first kappa shape index (κ1) is 14.7. The minimum absolute atomic E-state index is 0.238. The zero-order valence-electron chi connectivity index (χ0n) is 13.3. The van der Waals surface area contributed by atoms with Crippen molar-refractivity contribution in [1.29, 1.82) is 0 Å². The van der Waals surface area contributed by atoms with E-state index in [1.165, 1.54) is 29.5 Å². The van der Waals surface area contributed by atoms with Crippen LogP contribution in [0.4, 0.5) is 0 Å². The van der Waals surface area contributed by atoms with Crippen molar-refractivity contribution in [3.63, 3.8) is 0 Å². The first-order valence-corrected chi connectivity index (χ1v) is 8.09. The summed E-state index contributed by atoms with van der Waals surface area (Å²) in [6.07, 6.45) is 2.48. The van der Waals surface area contributed by atoms with Gasteiger partial charge in [0.2, 0.25) is 0 Å². The lowest BCUT2D eigenvalue weighted by Crippen LogP contribution is -2.33. The van der Waals surface area contributed by atoms with Gasteiger partial charge in [-0.15, -0.1) is 0 Å². The summed E-state index contributed by atoms with van der Waals surface area (Å²) in [4.78, 5) is 0. The molecule has 21 heavy (non-hydrogen) atoms. The van der Waals surface area contributed by atoms with Crippen LogP contribution in [0.1, 0.15) is 51.7 Å². The molecular formula is C20H23Cl. The summed E-state index contributed by atoms with van der Waals surface area (Å²) < 4.78 is 0. The van der Waals surface area contributed by atoms with E-state index in [1.807, 2.05) is 12.1 Å². The number of rotatable bonds is 1. The highest BCUT2D eigenvalue weighted by atomic mass is 35.5. The predicted molar refractivity (Wildman–Crippen MR) is 92.2 cm³/mol. The van der Waals surface area contributed by atoms with Crippen molar-refractivity contribution in [2.75, 3.05) is 0 Å². The average Bonchev–Trinajstić information content (AvgIpc) is 2.44. The van der Waals surface area contributed by atoms with Gasteiger partial charge in [0, 0.05) is 10.6 Å². The van der Waals surface area contributed by atoms with Crippen molar-refractivity contribution in [2.24, 2.45) is 0 Å². The van der Waals surface area contributed by atoms with E-state index >= 15 is 0 Å². The molecule has 0 saturated heterocycles. The van der Waals surface area contributed by atoms with Crippen molar-refractivity contribution >= 4 is 11.6 Å². The summed E-state index contributed by atoms with van der Waals surface area (Å²) in [7, 11) is 0. The quantitative estimate of drug-likeness (QED) is 0.575. The topological polar surface area (TPSA) is 0 Å². The van der Waals surface area contributed by atoms with E-state index in [2.05, 4.69) is 58.0 Å². The second-order valence-electron chi connectivity index (χ2n) is 7.51. The molecule has 0 unspecified atom stereocenters. The fourth-order valence-corrected chi connectivity index (χ4v) is 3.70. The van der Waals surface area contributed by atoms with Crippen LogP contribution in [0.25, 0.3) is 11.1 Å². The fourth-order valence-electron chi connectivity index (χ4n) is 3.45. The van der Waals surface area contributed by atoms with Gasteiger partial charge in [-0.05, 0) is 46.4 Å². The molecule has 0 fully saturated rings. The molecule has 0 spiro atoms. The monoisotopic (exact) mass is 298 g/mol. The standard InChI is InChI=1S/C20H23Cl/c1-19(2)11-12-20(3,4)17-13-14(9-10-16(17)19)15-7-5-6-8-18(15)21/h5-10,13H,11-12H2,1-4H3. The molecule has 3 rings (SSSR count). The van der Waals surface area contributed by atoms with Crippen LogP contribution in [0.5, 0.6) is 0 Å². The highest BCUT2D eigenvalue weighted by molar-refractivity contribution is 6.33. The van der Waals surface area contributed by atoms with Crippen molar-refractivity contribution in [3.8, 4) is 11.1 Å². The Hall–Kier alpha value is -1.27. The summed E-state index contributed by atoms with van der Waals surface area (Å²) >= 11 is 6.37. The minimum atomic E-state index is 0.238. The third-order valence-electron chi connectivity index (χ3n) is 5.04. The number of benzene rings is 2. The molecule has 0 amide bonds. The van der Waals surface area contributed by atoms with Gasteiger partial charge in [-0.2, -0.15) is 0 Å². The summed E-state index contributed by atoms with van der Waals surface area (Å²) in [6, 6.07) is 15.0. The van der Waals surface area contributed by atoms with Crippen LogP contribution in [0.2, 0.25) is 5.02 Å². The van der Waals surface area contributed by atoms with E-state index in [0.29, 0.717) is 0 Å². The van der Waals surface area contributed by atoms with Crippen LogP contribution < -0.4 is 0 Å². The number of hydrogen-bond acceptors (Lipinski definition) is 0. The summed E-state index contributed by atoms with van der Waals surface area (Å²) in [5.41, 5.74) is 5.84. The molecule has 0 N–H and O–H groups in total. The van der Waals surface area contributed by atoms with E-state index in [9.17, 15) is 0 Å². The Morgan fingerprint density at radius 3 is 2.10 bits per heavy atom. The summed E-state index contributed by atoms with van der Waals surface area (Å²) in [5, 5.41) is 0.824. The van der Waals surface area contributed by atoms with Crippen LogP contribution in [-0.2, 0) is 10.8 Å². The SMILES string of the molecule is CC1(C)CCC(C)(C)c2cc(-c3ccccc3Cl)ccc21. The Morgan fingerprint density at radius 1 is 0.810 bits per heavy atom. The van der Waals surface area contributed by atoms with Gasteiger partial charge in [0.25, 0.3) is 0 Å². The molecule has 0 heterocycles. The van der Waals surface area contributed by atoms with E-state index in [4.69, 9.17) is 11.6 Å².